The summed E-state index contributed by atoms with van der Waals surface area (Å²) in [5.74, 6) is 0.238. The number of nitriles is 1. The van der Waals surface area contributed by atoms with E-state index in [4.69, 9.17) is 15.7 Å². The average molecular weight is 349 g/mol. The maximum Gasteiger partial charge on any atom is 0.134 e. The molecule has 108 valence electrons. The van der Waals surface area contributed by atoms with Gasteiger partial charge in [-0.15, -0.1) is 0 Å². The monoisotopic (exact) mass is 348 g/mol. The molecule has 0 heterocycles. The Hall–Kier alpha value is -1.90. The number of nitrogens with zero attached hydrogens (tertiary/aromatic N) is 1. The van der Waals surface area contributed by atoms with Crippen LogP contribution in [-0.4, -0.2) is 6.54 Å². The summed E-state index contributed by atoms with van der Waals surface area (Å²) in [7, 11) is 0. The zero-order chi connectivity index (χ0) is 15.2. The maximum atomic E-state index is 13.7. The zero-order valence-electron chi connectivity index (χ0n) is 11.3. The normalized spacial score (nSPS) is 10.2. The highest BCUT2D eigenvalue weighted by molar-refractivity contribution is 9.10. The maximum absolute atomic E-state index is 13.7. The second kappa shape index (κ2) is 7.21. The fourth-order valence-corrected chi connectivity index (χ4v) is 2.43. The third-order valence-electron chi connectivity index (χ3n) is 2.99. The molecule has 0 radical (unpaired) electrons. The van der Waals surface area contributed by atoms with E-state index < -0.39 is 0 Å². The van der Waals surface area contributed by atoms with Crippen LogP contribution in [0, 0.1) is 17.1 Å². The number of hydrogen-bond donors (Lipinski definition) is 1. The van der Waals surface area contributed by atoms with Crippen molar-refractivity contribution < 1.29 is 9.13 Å². The molecule has 0 bridgehead atoms. The lowest BCUT2D eigenvalue weighted by Gasteiger charge is -2.10. The van der Waals surface area contributed by atoms with Crippen LogP contribution < -0.4 is 10.5 Å². The van der Waals surface area contributed by atoms with Gasteiger partial charge in [-0.25, -0.2) is 4.39 Å². The van der Waals surface area contributed by atoms with E-state index in [0.29, 0.717) is 23.4 Å². The van der Waals surface area contributed by atoms with Crippen LogP contribution in [0.5, 0.6) is 5.75 Å². The van der Waals surface area contributed by atoms with Gasteiger partial charge in [-0.2, -0.15) is 5.26 Å². The summed E-state index contributed by atoms with van der Waals surface area (Å²) in [5, 5.41) is 8.83. The SMILES string of the molecule is N#Cc1ccc(F)c(COc2ccc(CCN)cc2Br)c1. The Balaban J connectivity index is 2.11. The van der Waals surface area contributed by atoms with E-state index in [1.165, 1.54) is 18.2 Å². The van der Waals surface area contributed by atoms with Gasteiger partial charge in [-0.1, -0.05) is 6.07 Å². The Bertz CT molecular complexity index is 682. The standard InChI is InChI=1S/C16H14BrFN2O/c17-14-8-11(5-6-19)2-4-16(14)21-10-13-7-12(9-20)1-3-15(13)18/h1-4,7-8H,5-6,10,19H2. The molecule has 2 rings (SSSR count). The third kappa shape index (κ3) is 4.03. The first-order valence-electron chi connectivity index (χ1n) is 6.44. The average Bonchev–Trinajstić information content (AvgIpc) is 2.48. The van der Waals surface area contributed by atoms with E-state index in [-0.39, 0.29) is 12.4 Å². The van der Waals surface area contributed by atoms with Gasteiger partial charge in [0.2, 0.25) is 0 Å². The number of benzene rings is 2. The molecule has 0 aliphatic rings. The number of ether oxygens (including phenoxy) is 1. The summed E-state index contributed by atoms with van der Waals surface area (Å²) in [6.45, 7) is 0.648. The van der Waals surface area contributed by atoms with Gasteiger partial charge in [-0.05, 0) is 64.8 Å². The van der Waals surface area contributed by atoms with Crippen molar-refractivity contribution in [2.75, 3.05) is 6.54 Å². The predicted molar refractivity (Wildman–Crippen MR) is 82.3 cm³/mol. The fraction of sp³-hybridized carbons (Fsp3) is 0.188. The first-order chi connectivity index (χ1) is 10.1. The first kappa shape index (κ1) is 15.5. The highest BCUT2D eigenvalue weighted by Crippen LogP contribution is 2.27. The molecule has 0 amide bonds. The quantitative estimate of drug-likeness (QED) is 0.898. The molecule has 3 nitrogen and oxygen atoms in total. The van der Waals surface area contributed by atoms with Crippen LogP contribution in [-0.2, 0) is 13.0 Å². The molecule has 0 saturated heterocycles. The summed E-state index contributed by atoms with van der Waals surface area (Å²) in [6, 6.07) is 11.9. The van der Waals surface area contributed by atoms with E-state index in [1.807, 2.05) is 24.3 Å². The molecule has 2 N–H and O–H groups in total. The zero-order valence-corrected chi connectivity index (χ0v) is 12.9. The van der Waals surface area contributed by atoms with Gasteiger partial charge in [0.05, 0.1) is 16.1 Å². The predicted octanol–water partition coefficient (Wildman–Crippen LogP) is 3.54. The Kier molecular flexibility index (Phi) is 5.32. The Labute approximate surface area is 131 Å². The van der Waals surface area contributed by atoms with Crippen LogP contribution in [0.1, 0.15) is 16.7 Å². The van der Waals surface area contributed by atoms with Gasteiger partial charge in [-0.3, -0.25) is 0 Å². The Morgan fingerprint density at radius 3 is 2.71 bits per heavy atom. The lowest BCUT2D eigenvalue weighted by molar-refractivity contribution is 0.298. The second-order valence-electron chi connectivity index (χ2n) is 4.51. The van der Waals surface area contributed by atoms with E-state index in [9.17, 15) is 4.39 Å². The van der Waals surface area contributed by atoms with Crippen molar-refractivity contribution in [2.45, 2.75) is 13.0 Å². The highest BCUT2D eigenvalue weighted by Gasteiger charge is 2.07. The second-order valence-corrected chi connectivity index (χ2v) is 5.36. The Morgan fingerprint density at radius 2 is 2.05 bits per heavy atom. The topological polar surface area (TPSA) is 59.0 Å². The largest absolute Gasteiger partial charge is 0.488 e. The van der Waals surface area contributed by atoms with Crippen molar-refractivity contribution in [3.63, 3.8) is 0 Å². The van der Waals surface area contributed by atoms with E-state index in [1.54, 1.807) is 0 Å². The molecule has 21 heavy (non-hydrogen) atoms. The molecule has 5 heteroatoms. The number of rotatable bonds is 5. The molecule has 2 aromatic rings. The van der Waals surface area contributed by atoms with Crippen LogP contribution in [0.2, 0.25) is 0 Å². The van der Waals surface area contributed by atoms with Gasteiger partial charge in [0, 0.05) is 5.56 Å². The molecule has 0 aliphatic carbocycles. The number of nitrogens with two attached hydrogens (primary N) is 1. The van der Waals surface area contributed by atoms with Gasteiger partial charge >= 0.3 is 0 Å². The molecule has 2 aromatic carbocycles. The summed E-state index contributed by atoms with van der Waals surface area (Å²) in [5.41, 5.74) is 7.38. The van der Waals surface area contributed by atoms with Gasteiger partial charge in [0.1, 0.15) is 18.2 Å². The van der Waals surface area contributed by atoms with Crippen LogP contribution in [0.15, 0.2) is 40.9 Å². The van der Waals surface area contributed by atoms with Crippen molar-refractivity contribution >= 4 is 15.9 Å². The minimum Gasteiger partial charge on any atom is -0.488 e. The lowest BCUT2D eigenvalue weighted by Crippen LogP contribution is -2.03. The Morgan fingerprint density at radius 1 is 1.24 bits per heavy atom. The minimum absolute atomic E-state index is 0.0657. The molecule has 0 aromatic heterocycles. The van der Waals surface area contributed by atoms with Crippen molar-refractivity contribution in [3.8, 4) is 11.8 Å². The van der Waals surface area contributed by atoms with Gasteiger partial charge < -0.3 is 10.5 Å². The van der Waals surface area contributed by atoms with Crippen molar-refractivity contribution in [3.05, 3.63) is 63.4 Å². The molecular weight excluding hydrogens is 335 g/mol. The summed E-state index contributed by atoms with van der Waals surface area (Å²) < 4.78 is 20.1. The fourth-order valence-electron chi connectivity index (χ4n) is 1.89. The lowest BCUT2D eigenvalue weighted by atomic mass is 10.1. The van der Waals surface area contributed by atoms with Crippen LogP contribution >= 0.6 is 15.9 Å². The number of halogens is 2. The van der Waals surface area contributed by atoms with Crippen LogP contribution in [0.25, 0.3) is 0 Å². The summed E-state index contributed by atoms with van der Waals surface area (Å²) in [6.07, 6.45) is 0.789. The smallest absolute Gasteiger partial charge is 0.134 e. The minimum atomic E-state index is -0.384. The molecule has 0 saturated carbocycles. The van der Waals surface area contributed by atoms with E-state index in [0.717, 1.165) is 16.5 Å². The number of hydrogen-bond acceptors (Lipinski definition) is 3. The molecule has 0 aliphatic heterocycles. The third-order valence-corrected chi connectivity index (χ3v) is 3.61. The van der Waals surface area contributed by atoms with Crippen LogP contribution in [0.4, 0.5) is 4.39 Å². The van der Waals surface area contributed by atoms with Crippen LogP contribution in [0.3, 0.4) is 0 Å². The van der Waals surface area contributed by atoms with E-state index in [2.05, 4.69) is 15.9 Å². The molecule has 0 spiro atoms. The van der Waals surface area contributed by atoms with Crippen molar-refractivity contribution in [2.24, 2.45) is 5.73 Å². The first-order valence-corrected chi connectivity index (χ1v) is 7.23. The van der Waals surface area contributed by atoms with Crippen molar-refractivity contribution in [1.82, 2.24) is 0 Å². The summed E-state index contributed by atoms with van der Waals surface area (Å²) >= 11 is 3.43. The summed E-state index contributed by atoms with van der Waals surface area (Å²) in [4.78, 5) is 0. The molecule has 0 unspecified atom stereocenters. The van der Waals surface area contributed by atoms with Crippen molar-refractivity contribution in [1.29, 1.82) is 5.26 Å². The van der Waals surface area contributed by atoms with E-state index >= 15 is 0 Å². The molecule has 0 atom stereocenters. The molecular formula is C16H14BrFN2O. The van der Waals surface area contributed by atoms with Gasteiger partial charge in [0.25, 0.3) is 0 Å². The highest BCUT2D eigenvalue weighted by atomic mass is 79.9. The van der Waals surface area contributed by atoms with Gasteiger partial charge in [0.15, 0.2) is 0 Å². The molecule has 0 fully saturated rings.